The number of likely N-dealkylation sites (N-methyl/N-ethyl adjacent to an activating group) is 1. The molecule has 0 saturated heterocycles. The van der Waals surface area contributed by atoms with Gasteiger partial charge in [-0.25, -0.2) is 0 Å². The van der Waals surface area contributed by atoms with Crippen molar-refractivity contribution in [3.63, 3.8) is 0 Å². The first-order chi connectivity index (χ1) is 9.28. The van der Waals surface area contributed by atoms with Gasteiger partial charge in [-0.15, -0.1) is 11.3 Å². The van der Waals surface area contributed by atoms with Crippen LogP contribution >= 0.6 is 27.3 Å². The monoisotopic (exact) mass is 341 g/mol. The molecule has 19 heavy (non-hydrogen) atoms. The van der Waals surface area contributed by atoms with E-state index >= 15 is 0 Å². The van der Waals surface area contributed by atoms with Crippen LogP contribution in [0, 0.1) is 0 Å². The molecule has 0 radical (unpaired) electrons. The van der Waals surface area contributed by atoms with Gasteiger partial charge < -0.3 is 9.84 Å². The summed E-state index contributed by atoms with van der Waals surface area (Å²) in [6.45, 7) is 0. The SMILES string of the molecule is CNC1CCCCC1c1nc(-c2ccc(Br)s2)no1. The Morgan fingerprint density at radius 2 is 2.21 bits per heavy atom. The molecule has 0 aliphatic heterocycles. The topological polar surface area (TPSA) is 51.0 Å². The minimum Gasteiger partial charge on any atom is -0.339 e. The highest BCUT2D eigenvalue weighted by atomic mass is 79.9. The number of hydrogen-bond acceptors (Lipinski definition) is 5. The molecule has 1 aliphatic rings. The fraction of sp³-hybridized carbons (Fsp3) is 0.538. The summed E-state index contributed by atoms with van der Waals surface area (Å²) in [7, 11) is 2.01. The molecule has 3 rings (SSSR count). The van der Waals surface area contributed by atoms with Crippen molar-refractivity contribution in [2.75, 3.05) is 7.05 Å². The van der Waals surface area contributed by atoms with Crippen LogP contribution in [0.15, 0.2) is 20.4 Å². The molecule has 2 aromatic rings. The Hall–Kier alpha value is -0.720. The molecular weight excluding hydrogens is 326 g/mol. The Morgan fingerprint density at radius 1 is 1.37 bits per heavy atom. The van der Waals surface area contributed by atoms with Gasteiger partial charge in [-0.1, -0.05) is 18.0 Å². The maximum Gasteiger partial charge on any atom is 0.231 e. The third-order valence-electron chi connectivity index (χ3n) is 3.69. The lowest BCUT2D eigenvalue weighted by molar-refractivity contribution is 0.270. The highest BCUT2D eigenvalue weighted by molar-refractivity contribution is 9.11. The van der Waals surface area contributed by atoms with Gasteiger partial charge in [0.25, 0.3) is 0 Å². The Bertz CT molecular complexity index is 554. The van der Waals surface area contributed by atoms with Crippen molar-refractivity contribution in [2.45, 2.75) is 37.6 Å². The third-order valence-corrected chi connectivity index (χ3v) is 5.31. The van der Waals surface area contributed by atoms with Gasteiger partial charge >= 0.3 is 0 Å². The Balaban J connectivity index is 1.84. The zero-order valence-electron chi connectivity index (χ0n) is 10.7. The molecule has 0 aromatic carbocycles. The molecule has 1 saturated carbocycles. The fourth-order valence-corrected chi connectivity index (χ4v) is 4.00. The largest absolute Gasteiger partial charge is 0.339 e. The van der Waals surface area contributed by atoms with E-state index in [2.05, 4.69) is 31.4 Å². The molecular formula is C13H16BrN3OS. The molecule has 2 atom stereocenters. The number of hydrogen-bond donors (Lipinski definition) is 1. The van der Waals surface area contributed by atoms with Gasteiger partial charge in [-0.3, -0.25) is 0 Å². The summed E-state index contributed by atoms with van der Waals surface area (Å²) >= 11 is 5.08. The molecule has 1 N–H and O–H groups in total. The average Bonchev–Trinajstić information content (AvgIpc) is 3.07. The maximum atomic E-state index is 5.49. The highest BCUT2D eigenvalue weighted by Crippen LogP contribution is 2.34. The number of nitrogens with one attached hydrogen (secondary N) is 1. The normalized spacial score (nSPS) is 23.7. The van der Waals surface area contributed by atoms with Crippen molar-refractivity contribution in [3.8, 4) is 10.7 Å². The van der Waals surface area contributed by atoms with Crippen molar-refractivity contribution < 1.29 is 4.52 Å². The van der Waals surface area contributed by atoms with Gasteiger partial charge in [0.1, 0.15) is 0 Å². The Kier molecular flexibility index (Phi) is 4.00. The number of halogens is 1. The summed E-state index contributed by atoms with van der Waals surface area (Å²) < 4.78 is 6.57. The van der Waals surface area contributed by atoms with Crippen LogP contribution in [0.5, 0.6) is 0 Å². The van der Waals surface area contributed by atoms with E-state index in [4.69, 9.17) is 4.52 Å². The van der Waals surface area contributed by atoms with Crippen LogP contribution in [0.2, 0.25) is 0 Å². The van der Waals surface area contributed by atoms with Gasteiger partial charge in [0.05, 0.1) is 14.6 Å². The maximum absolute atomic E-state index is 5.49. The second kappa shape index (κ2) is 5.73. The summed E-state index contributed by atoms with van der Waals surface area (Å²) in [4.78, 5) is 5.63. The lowest BCUT2D eigenvalue weighted by Crippen LogP contribution is -2.34. The van der Waals surface area contributed by atoms with Crippen LogP contribution in [0.4, 0.5) is 0 Å². The van der Waals surface area contributed by atoms with E-state index in [-0.39, 0.29) is 0 Å². The predicted octanol–water partition coefficient (Wildman–Crippen LogP) is 3.81. The summed E-state index contributed by atoms with van der Waals surface area (Å²) in [6, 6.07) is 4.48. The number of aromatic nitrogens is 2. The molecule has 102 valence electrons. The van der Waals surface area contributed by atoms with E-state index in [1.54, 1.807) is 11.3 Å². The van der Waals surface area contributed by atoms with Crippen LogP contribution in [-0.2, 0) is 0 Å². The summed E-state index contributed by atoms with van der Waals surface area (Å²) in [5.74, 6) is 1.83. The molecule has 4 nitrogen and oxygen atoms in total. The lowest BCUT2D eigenvalue weighted by atomic mass is 9.84. The molecule has 2 aromatic heterocycles. The standard InChI is InChI=1S/C13H16BrN3OS/c1-15-9-5-3-2-4-8(9)13-16-12(17-18-13)10-6-7-11(14)19-10/h6-9,15H,2-5H2,1H3. The van der Waals surface area contributed by atoms with Gasteiger partial charge in [0, 0.05) is 6.04 Å². The number of nitrogens with zero attached hydrogens (tertiary/aromatic N) is 2. The van der Waals surface area contributed by atoms with Crippen molar-refractivity contribution in [3.05, 3.63) is 21.8 Å². The first-order valence-electron chi connectivity index (χ1n) is 6.54. The van der Waals surface area contributed by atoms with E-state index in [0.29, 0.717) is 17.8 Å². The second-order valence-corrected chi connectivity index (χ2v) is 7.31. The summed E-state index contributed by atoms with van der Waals surface area (Å²) in [5, 5.41) is 7.49. The molecule has 2 unspecified atom stereocenters. The Morgan fingerprint density at radius 3 is 2.95 bits per heavy atom. The van der Waals surface area contributed by atoms with Crippen LogP contribution in [0.3, 0.4) is 0 Å². The van der Waals surface area contributed by atoms with E-state index in [9.17, 15) is 0 Å². The first kappa shape index (κ1) is 13.3. The molecule has 1 aliphatic carbocycles. The van der Waals surface area contributed by atoms with E-state index in [0.717, 1.165) is 21.0 Å². The quantitative estimate of drug-likeness (QED) is 0.922. The molecule has 0 amide bonds. The average molecular weight is 342 g/mol. The van der Waals surface area contributed by atoms with Crippen LogP contribution in [0.25, 0.3) is 10.7 Å². The summed E-state index contributed by atoms with van der Waals surface area (Å²) in [6.07, 6.45) is 4.83. The van der Waals surface area contributed by atoms with Gasteiger partial charge in [0.2, 0.25) is 11.7 Å². The Labute approximate surface area is 124 Å². The molecule has 6 heteroatoms. The van der Waals surface area contributed by atoms with E-state index < -0.39 is 0 Å². The van der Waals surface area contributed by atoms with Crippen molar-refractivity contribution in [2.24, 2.45) is 0 Å². The van der Waals surface area contributed by atoms with Crippen LogP contribution < -0.4 is 5.32 Å². The summed E-state index contributed by atoms with van der Waals surface area (Å²) in [5.41, 5.74) is 0. The smallest absolute Gasteiger partial charge is 0.231 e. The number of rotatable bonds is 3. The molecule has 0 bridgehead atoms. The van der Waals surface area contributed by atoms with Crippen LogP contribution in [0.1, 0.15) is 37.5 Å². The number of thiophene rings is 1. The minimum absolute atomic E-state index is 0.350. The van der Waals surface area contributed by atoms with Crippen molar-refractivity contribution >= 4 is 27.3 Å². The van der Waals surface area contributed by atoms with Crippen molar-refractivity contribution in [1.82, 2.24) is 15.5 Å². The van der Waals surface area contributed by atoms with E-state index in [1.807, 2.05) is 19.2 Å². The minimum atomic E-state index is 0.350. The molecule has 1 fully saturated rings. The molecule has 0 spiro atoms. The second-order valence-electron chi connectivity index (χ2n) is 4.85. The van der Waals surface area contributed by atoms with E-state index in [1.165, 1.54) is 19.3 Å². The zero-order chi connectivity index (χ0) is 13.2. The lowest BCUT2D eigenvalue weighted by Gasteiger charge is -2.28. The predicted molar refractivity (Wildman–Crippen MR) is 79.4 cm³/mol. The first-order valence-corrected chi connectivity index (χ1v) is 8.15. The van der Waals surface area contributed by atoms with Crippen molar-refractivity contribution in [1.29, 1.82) is 0 Å². The van der Waals surface area contributed by atoms with Gasteiger partial charge in [0.15, 0.2) is 0 Å². The van der Waals surface area contributed by atoms with Gasteiger partial charge in [-0.05, 0) is 48.0 Å². The van der Waals surface area contributed by atoms with Crippen LogP contribution in [-0.4, -0.2) is 23.2 Å². The fourth-order valence-electron chi connectivity index (χ4n) is 2.69. The zero-order valence-corrected chi connectivity index (χ0v) is 13.1. The third kappa shape index (κ3) is 2.75. The highest BCUT2D eigenvalue weighted by Gasteiger charge is 2.30. The van der Waals surface area contributed by atoms with Gasteiger partial charge in [-0.2, -0.15) is 4.98 Å². The molecule has 2 heterocycles.